The average molecular weight is 586 g/mol. The van der Waals surface area contributed by atoms with Crippen molar-refractivity contribution in [2.45, 2.75) is 62.6 Å². The van der Waals surface area contributed by atoms with Crippen molar-refractivity contribution in [2.24, 2.45) is 0 Å². The van der Waals surface area contributed by atoms with Gasteiger partial charge in [0.25, 0.3) is 10.0 Å². The van der Waals surface area contributed by atoms with Gasteiger partial charge in [-0.25, -0.2) is 12.8 Å². The highest BCUT2D eigenvalue weighted by atomic mass is 35.5. The summed E-state index contributed by atoms with van der Waals surface area (Å²) in [6.45, 7) is 1.17. The maximum absolute atomic E-state index is 13.9. The molecule has 212 valence electrons. The minimum absolute atomic E-state index is 0.0517. The first-order valence-corrected chi connectivity index (χ1v) is 15.1. The molecular formula is C30H33ClFN3O4S. The lowest BCUT2D eigenvalue weighted by atomic mass is 9.95. The van der Waals surface area contributed by atoms with Gasteiger partial charge in [0.1, 0.15) is 18.4 Å². The van der Waals surface area contributed by atoms with Crippen LogP contribution in [-0.2, 0) is 26.2 Å². The van der Waals surface area contributed by atoms with Crippen molar-refractivity contribution in [3.05, 3.63) is 95.3 Å². The first-order chi connectivity index (χ1) is 19.1. The first kappa shape index (κ1) is 29.6. The van der Waals surface area contributed by atoms with E-state index >= 15 is 0 Å². The van der Waals surface area contributed by atoms with Crippen molar-refractivity contribution in [1.29, 1.82) is 0 Å². The highest BCUT2D eigenvalue weighted by Crippen LogP contribution is 2.25. The predicted molar refractivity (Wildman–Crippen MR) is 154 cm³/mol. The quantitative estimate of drug-likeness (QED) is 0.338. The molecule has 4 rings (SSSR count). The third-order valence-electron chi connectivity index (χ3n) is 7.11. The van der Waals surface area contributed by atoms with Crippen molar-refractivity contribution < 1.29 is 22.4 Å². The van der Waals surface area contributed by atoms with Gasteiger partial charge in [-0.15, -0.1) is 0 Å². The molecule has 0 aromatic heterocycles. The highest BCUT2D eigenvalue weighted by molar-refractivity contribution is 7.92. The van der Waals surface area contributed by atoms with Crippen molar-refractivity contribution in [3.63, 3.8) is 0 Å². The van der Waals surface area contributed by atoms with Crippen LogP contribution in [0, 0.1) is 5.82 Å². The van der Waals surface area contributed by atoms with Gasteiger partial charge in [0.15, 0.2) is 0 Å². The standard InChI is InChI=1S/C30H33ClFN3O4S/c1-22(30(37)33-26-8-4-2-5-9-26)34(20-23-12-14-24(31)15-13-23)29(36)21-35(27-10-6-3-7-11-27)40(38,39)28-18-16-25(32)17-19-28/h3,6-7,10-19,22,26H,2,4-5,8-9,20-21H2,1H3,(H,33,37)/t22-/m0/s1. The number of carbonyl (C=O) groups excluding carboxylic acids is 2. The van der Waals surface area contributed by atoms with Crippen molar-refractivity contribution >= 4 is 39.1 Å². The van der Waals surface area contributed by atoms with Gasteiger partial charge in [0.2, 0.25) is 11.8 Å². The summed E-state index contributed by atoms with van der Waals surface area (Å²) in [5, 5.41) is 3.61. The van der Waals surface area contributed by atoms with E-state index in [-0.39, 0.29) is 29.1 Å². The molecule has 3 aromatic rings. The zero-order valence-electron chi connectivity index (χ0n) is 22.3. The van der Waals surface area contributed by atoms with Crippen LogP contribution in [0.1, 0.15) is 44.6 Å². The normalized spacial score (nSPS) is 14.8. The Bertz CT molecular complexity index is 1400. The molecule has 0 radical (unpaired) electrons. The molecule has 1 N–H and O–H groups in total. The lowest BCUT2D eigenvalue weighted by Gasteiger charge is -2.33. The number of carbonyl (C=O) groups is 2. The third-order valence-corrected chi connectivity index (χ3v) is 9.15. The molecule has 1 saturated carbocycles. The minimum Gasteiger partial charge on any atom is -0.352 e. The van der Waals surface area contributed by atoms with Gasteiger partial charge in [0.05, 0.1) is 10.6 Å². The Morgan fingerprint density at radius 2 is 1.57 bits per heavy atom. The summed E-state index contributed by atoms with van der Waals surface area (Å²) in [6.07, 6.45) is 5.00. The van der Waals surface area contributed by atoms with E-state index in [2.05, 4.69) is 5.32 Å². The third kappa shape index (κ3) is 7.40. The van der Waals surface area contributed by atoms with Crippen molar-refractivity contribution in [1.82, 2.24) is 10.2 Å². The molecule has 40 heavy (non-hydrogen) atoms. The van der Waals surface area contributed by atoms with E-state index in [0.29, 0.717) is 5.02 Å². The van der Waals surface area contributed by atoms with E-state index in [1.807, 2.05) is 0 Å². The number of sulfonamides is 1. The number of hydrogen-bond donors (Lipinski definition) is 1. The summed E-state index contributed by atoms with van der Waals surface area (Å²) >= 11 is 6.05. The van der Waals surface area contributed by atoms with Gasteiger partial charge in [-0.3, -0.25) is 13.9 Å². The van der Waals surface area contributed by atoms with Gasteiger partial charge in [-0.05, 0) is 73.9 Å². The zero-order chi connectivity index (χ0) is 28.7. The summed E-state index contributed by atoms with van der Waals surface area (Å²) < 4.78 is 42.0. The smallest absolute Gasteiger partial charge is 0.264 e. The SMILES string of the molecule is C[C@@H](C(=O)NC1CCCCC1)N(Cc1ccc(Cl)cc1)C(=O)CN(c1ccccc1)S(=O)(=O)c1ccc(F)cc1. The molecule has 0 heterocycles. The Labute approximate surface area is 240 Å². The largest absolute Gasteiger partial charge is 0.352 e. The molecule has 0 bridgehead atoms. The highest BCUT2D eigenvalue weighted by Gasteiger charge is 2.33. The summed E-state index contributed by atoms with van der Waals surface area (Å²) in [5.41, 5.74) is 1.01. The first-order valence-electron chi connectivity index (χ1n) is 13.3. The molecule has 7 nitrogen and oxygen atoms in total. The van der Waals surface area contributed by atoms with Crippen LogP contribution in [-0.4, -0.2) is 43.8 Å². The Morgan fingerprint density at radius 1 is 0.950 bits per heavy atom. The fourth-order valence-electron chi connectivity index (χ4n) is 4.79. The number of benzene rings is 3. The Hall–Kier alpha value is -3.43. The van der Waals surface area contributed by atoms with E-state index in [1.165, 1.54) is 4.90 Å². The van der Waals surface area contributed by atoms with Crippen LogP contribution < -0.4 is 9.62 Å². The summed E-state index contributed by atoms with van der Waals surface area (Å²) in [7, 11) is -4.25. The molecule has 2 amide bonds. The second-order valence-corrected chi connectivity index (χ2v) is 12.3. The molecule has 1 aliphatic carbocycles. The van der Waals surface area contributed by atoms with Crippen LogP contribution >= 0.6 is 11.6 Å². The average Bonchev–Trinajstić information content (AvgIpc) is 2.96. The number of amides is 2. The van der Waals surface area contributed by atoms with Crippen LogP contribution in [0.3, 0.4) is 0 Å². The molecule has 0 unspecified atom stereocenters. The van der Waals surface area contributed by atoms with Gasteiger partial charge < -0.3 is 10.2 Å². The van der Waals surface area contributed by atoms with Crippen molar-refractivity contribution in [3.8, 4) is 0 Å². The van der Waals surface area contributed by atoms with E-state index in [1.54, 1.807) is 61.5 Å². The van der Waals surface area contributed by atoms with Crippen LogP contribution in [0.4, 0.5) is 10.1 Å². The summed E-state index contributed by atoms with van der Waals surface area (Å²) in [5.74, 6) is -1.43. The summed E-state index contributed by atoms with van der Waals surface area (Å²) in [6, 6.07) is 18.8. The summed E-state index contributed by atoms with van der Waals surface area (Å²) in [4.78, 5) is 28.5. The Balaban J connectivity index is 1.65. The molecule has 3 aromatic carbocycles. The van der Waals surface area contributed by atoms with Crippen LogP contribution in [0.25, 0.3) is 0 Å². The molecule has 1 atom stereocenters. The zero-order valence-corrected chi connectivity index (χ0v) is 23.9. The monoisotopic (exact) mass is 585 g/mol. The van der Waals surface area contributed by atoms with Crippen molar-refractivity contribution in [2.75, 3.05) is 10.8 Å². The van der Waals surface area contributed by atoms with Crippen LogP contribution in [0.15, 0.2) is 83.8 Å². The lowest BCUT2D eigenvalue weighted by molar-refractivity contribution is -0.139. The topological polar surface area (TPSA) is 86.8 Å². The fourth-order valence-corrected chi connectivity index (χ4v) is 6.33. The van der Waals surface area contributed by atoms with Gasteiger partial charge in [-0.2, -0.15) is 0 Å². The van der Waals surface area contributed by atoms with E-state index in [4.69, 9.17) is 11.6 Å². The number of para-hydroxylation sites is 1. The lowest BCUT2D eigenvalue weighted by Crippen LogP contribution is -2.53. The van der Waals surface area contributed by atoms with Gasteiger partial charge in [-0.1, -0.05) is 61.2 Å². The molecular weight excluding hydrogens is 553 g/mol. The second kappa shape index (κ2) is 13.3. The van der Waals surface area contributed by atoms with Crippen LogP contribution in [0.2, 0.25) is 5.02 Å². The number of halogens is 2. The number of nitrogens with zero attached hydrogens (tertiary/aromatic N) is 2. The molecule has 1 aliphatic rings. The number of hydrogen-bond acceptors (Lipinski definition) is 4. The van der Waals surface area contributed by atoms with Crippen LogP contribution in [0.5, 0.6) is 0 Å². The maximum Gasteiger partial charge on any atom is 0.264 e. The number of anilines is 1. The number of nitrogens with one attached hydrogen (secondary N) is 1. The predicted octanol–water partition coefficient (Wildman–Crippen LogP) is 5.54. The van der Waals surface area contributed by atoms with E-state index in [9.17, 15) is 22.4 Å². The Kier molecular flexibility index (Phi) is 9.81. The van der Waals surface area contributed by atoms with E-state index < -0.39 is 34.3 Å². The van der Waals surface area contributed by atoms with E-state index in [0.717, 1.165) is 66.2 Å². The molecule has 0 spiro atoms. The maximum atomic E-state index is 13.9. The van der Waals surface area contributed by atoms with Gasteiger partial charge >= 0.3 is 0 Å². The molecule has 0 aliphatic heterocycles. The minimum atomic E-state index is -4.25. The fraction of sp³-hybridized carbons (Fsp3) is 0.333. The molecule has 1 fully saturated rings. The molecule has 0 saturated heterocycles. The van der Waals surface area contributed by atoms with Gasteiger partial charge in [0, 0.05) is 17.6 Å². The number of rotatable bonds is 10. The second-order valence-electron chi connectivity index (χ2n) is 9.97. The Morgan fingerprint density at radius 3 is 2.20 bits per heavy atom. The molecule has 10 heteroatoms.